The maximum atomic E-state index is 11.5. The minimum absolute atomic E-state index is 0. The molecule has 2 rings (SSSR count). The Balaban J connectivity index is 0.00000162. The van der Waals surface area contributed by atoms with Crippen molar-refractivity contribution in [2.75, 3.05) is 12.0 Å². The largest absolute Gasteiger partial charge is 0.399 e. The molecule has 0 amide bonds. The molecule has 3 nitrogen and oxygen atoms in total. The van der Waals surface area contributed by atoms with E-state index in [2.05, 4.69) is 0 Å². The molecule has 0 saturated carbocycles. The van der Waals surface area contributed by atoms with E-state index < -0.39 is 9.84 Å². The van der Waals surface area contributed by atoms with Gasteiger partial charge < -0.3 is 5.73 Å². The van der Waals surface area contributed by atoms with E-state index in [1.54, 1.807) is 24.3 Å². The van der Waals surface area contributed by atoms with Crippen molar-refractivity contribution in [3.05, 3.63) is 48.5 Å². The molecular weight excluding hydrogens is 270 g/mol. The molecule has 0 heterocycles. The van der Waals surface area contributed by atoms with Crippen LogP contribution in [0.1, 0.15) is 0 Å². The average molecular weight is 284 g/mol. The Hall–Kier alpha value is -1.52. The third-order valence-corrected chi connectivity index (χ3v) is 3.59. The van der Waals surface area contributed by atoms with Crippen LogP contribution in [0.15, 0.2) is 53.4 Å². The van der Waals surface area contributed by atoms with E-state index in [0.717, 1.165) is 11.1 Å². The van der Waals surface area contributed by atoms with Crippen LogP contribution in [0.2, 0.25) is 0 Å². The molecule has 5 heteroatoms. The molecule has 0 fully saturated rings. The second kappa shape index (κ2) is 5.42. The van der Waals surface area contributed by atoms with Crippen LogP contribution in [0.5, 0.6) is 0 Å². The molecule has 0 unspecified atom stereocenters. The first-order chi connectivity index (χ1) is 7.97. The Morgan fingerprint density at radius 3 is 2.06 bits per heavy atom. The van der Waals surface area contributed by atoms with Gasteiger partial charge in [0, 0.05) is 11.9 Å². The Bertz CT molecular complexity index is 654. The van der Waals surface area contributed by atoms with Crippen molar-refractivity contribution in [2.24, 2.45) is 0 Å². The lowest BCUT2D eigenvalue weighted by Gasteiger charge is -2.05. The number of nitrogen functional groups attached to an aromatic ring is 1. The summed E-state index contributed by atoms with van der Waals surface area (Å²) in [7, 11) is -3.17. The predicted molar refractivity (Wildman–Crippen MR) is 76.6 cm³/mol. The van der Waals surface area contributed by atoms with Crippen LogP contribution in [0.3, 0.4) is 0 Å². The van der Waals surface area contributed by atoms with E-state index in [4.69, 9.17) is 5.73 Å². The maximum absolute atomic E-state index is 11.5. The molecule has 96 valence electrons. The second-order valence-electron chi connectivity index (χ2n) is 3.93. The van der Waals surface area contributed by atoms with Crippen LogP contribution in [0.4, 0.5) is 5.69 Å². The number of hydrogen-bond acceptors (Lipinski definition) is 3. The highest BCUT2D eigenvalue weighted by Crippen LogP contribution is 2.23. The highest BCUT2D eigenvalue weighted by Gasteiger charge is 2.08. The smallest absolute Gasteiger partial charge is 0.175 e. The van der Waals surface area contributed by atoms with Gasteiger partial charge in [0.2, 0.25) is 0 Å². The van der Waals surface area contributed by atoms with Crippen molar-refractivity contribution < 1.29 is 8.42 Å². The molecule has 0 aromatic heterocycles. The highest BCUT2D eigenvalue weighted by molar-refractivity contribution is 7.90. The molecule has 0 spiro atoms. The summed E-state index contributed by atoms with van der Waals surface area (Å²) in [5, 5.41) is 0. The molecule has 18 heavy (non-hydrogen) atoms. The van der Waals surface area contributed by atoms with Crippen LogP contribution in [0, 0.1) is 0 Å². The monoisotopic (exact) mass is 283 g/mol. The first kappa shape index (κ1) is 14.5. The van der Waals surface area contributed by atoms with E-state index in [9.17, 15) is 8.42 Å². The van der Waals surface area contributed by atoms with Crippen LogP contribution in [0.25, 0.3) is 11.1 Å². The lowest BCUT2D eigenvalue weighted by atomic mass is 10.1. The van der Waals surface area contributed by atoms with Crippen molar-refractivity contribution >= 4 is 27.9 Å². The third-order valence-electron chi connectivity index (χ3n) is 2.48. The molecule has 0 aliphatic rings. The quantitative estimate of drug-likeness (QED) is 0.862. The maximum Gasteiger partial charge on any atom is 0.175 e. The van der Waals surface area contributed by atoms with Gasteiger partial charge in [-0.3, -0.25) is 0 Å². The molecule has 0 bridgehead atoms. The summed E-state index contributed by atoms with van der Waals surface area (Å²) in [6.07, 6.45) is 1.20. The van der Waals surface area contributed by atoms with Crippen LogP contribution in [-0.4, -0.2) is 14.7 Å². The molecule has 2 aromatic rings. The zero-order valence-electron chi connectivity index (χ0n) is 9.83. The molecule has 0 aliphatic heterocycles. The highest BCUT2D eigenvalue weighted by atomic mass is 35.5. The predicted octanol–water partition coefficient (Wildman–Crippen LogP) is 2.76. The van der Waals surface area contributed by atoms with Gasteiger partial charge in [0.1, 0.15) is 0 Å². The molecule has 0 radical (unpaired) electrons. The van der Waals surface area contributed by atoms with Gasteiger partial charge in [-0.1, -0.05) is 24.3 Å². The van der Waals surface area contributed by atoms with E-state index >= 15 is 0 Å². The Morgan fingerprint density at radius 1 is 0.944 bits per heavy atom. The van der Waals surface area contributed by atoms with E-state index in [0.29, 0.717) is 10.6 Å². The van der Waals surface area contributed by atoms with Gasteiger partial charge in [-0.2, -0.15) is 0 Å². The van der Waals surface area contributed by atoms with Gasteiger partial charge in [0.15, 0.2) is 9.84 Å². The van der Waals surface area contributed by atoms with Crippen molar-refractivity contribution in [3.8, 4) is 11.1 Å². The molecular formula is C13H14ClNO2S. The first-order valence-corrected chi connectivity index (χ1v) is 7.02. The number of anilines is 1. The van der Waals surface area contributed by atoms with Crippen molar-refractivity contribution in [1.82, 2.24) is 0 Å². The van der Waals surface area contributed by atoms with Crippen molar-refractivity contribution in [1.29, 1.82) is 0 Å². The number of sulfone groups is 1. The van der Waals surface area contributed by atoms with Crippen LogP contribution in [-0.2, 0) is 9.84 Å². The number of benzene rings is 2. The van der Waals surface area contributed by atoms with E-state index in [1.165, 1.54) is 6.26 Å². The number of nitrogens with two attached hydrogens (primary N) is 1. The minimum atomic E-state index is -3.17. The Kier molecular flexibility index (Phi) is 4.38. The third kappa shape index (κ3) is 3.24. The van der Waals surface area contributed by atoms with Crippen molar-refractivity contribution in [2.45, 2.75) is 4.90 Å². The van der Waals surface area contributed by atoms with Gasteiger partial charge in [-0.15, -0.1) is 12.4 Å². The van der Waals surface area contributed by atoms with Crippen molar-refractivity contribution in [3.63, 3.8) is 0 Å². The van der Waals surface area contributed by atoms with Gasteiger partial charge in [0.05, 0.1) is 4.90 Å². The van der Waals surface area contributed by atoms with Gasteiger partial charge >= 0.3 is 0 Å². The molecule has 0 aliphatic carbocycles. The fourth-order valence-corrected chi connectivity index (χ4v) is 2.29. The number of hydrogen-bond donors (Lipinski definition) is 1. The summed E-state index contributed by atoms with van der Waals surface area (Å²) >= 11 is 0. The molecule has 2 aromatic carbocycles. The average Bonchev–Trinajstić information content (AvgIpc) is 2.28. The normalized spacial score (nSPS) is 10.7. The van der Waals surface area contributed by atoms with Crippen LogP contribution < -0.4 is 5.73 Å². The molecule has 0 saturated heterocycles. The summed E-state index contributed by atoms with van der Waals surface area (Å²) < 4.78 is 22.9. The van der Waals surface area contributed by atoms with Crippen LogP contribution >= 0.6 is 12.4 Å². The Labute approximate surface area is 113 Å². The summed E-state index contributed by atoms with van der Waals surface area (Å²) in [6.45, 7) is 0. The molecule has 2 N–H and O–H groups in total. The fraction of sp³-hybridized carbons (Fsp3) is 0.0769. The number of halogens is 1. The lowest BCUT2D eigenvalue weighted by molar-refractivity contribution is 0.602. The summed E-state index contributed by atoms with van der Waals surface area (Å²) in [4.78, 5) is 0.317. The zero-order valence-corrected chi connectivity index (χ0v) is 11.5. The Morgan fingerprint density at radius 2 is 1.50 bits per heavy atom. The van der Waals surface area contributed by atoms with Gasteiger partial charge in [-0.25, -0.2) is 8.42 Å². The lowest BCUT2D eigenvalue weighted by Crippen LogP contribution is -1.96. The number of rotatable bonds is 2. The van der Waals surface area contributed by atoms with Gasteiger partial charge in [-0.05, 0) is 35.4 Å². The topological polar surface area (TPSA) is 60.2 Å². The summed E-state index contributed by atoms with van der Waals surface area (Å²) in [5.41, 5.74) is 8.12. The summed E-state index contributed by atoms with van der Waals surface area (Å²) in [6, 6.07) is 14.2. The molecule has 0 atom stereocenters. The minimum Gasteiger partial charge on any atom is -0.399 e. The SMILES string of the molecule is CS(=O)(=O)c1cccc(-c2cccc(N)c2)c1.Cl. The fourth-order valence-electron chi connectivity index (χ4n) is 1.62. The van der Waals surface area contributed by atoms with E-state index in [1.807, 2.05) is 24.3 Å². The first-order valence-electron chi connectivity index (χ1n) is 5.13. The van der Waals surface area contributed by atoms with E-state index in [-0.39, 0.29) is 12.4 Å². The van der Waals surface area contributed by atoms with Gasteiger partial charge in [0.25, 0.3) is 0 Å². The summed E-state index contributed by atoms with van der Waals surface area (Å²) in [5.74, 6) is 0. The standard InChI is InChI=1S/C13H13NO2S.ClH/c1-17(15,16)13-7-3-5-11(9-13)10-4-2-6-12(14)8-10;/h2-9H,14H2,1H3;1H. The zero-order chi connectivity index (χ0) is 12.5. The second-order valence-corrected chi connectivity index (χ2v) is 5.94.